The van der Waals surface area contributed by atoms with Crippen LogP contribution < -0.4 is 10.5 Å². The number of halogens is 1. The second kappa shape index (κ2) is 10.2. The Balaban J connectivity index is 1.64. The molecule has 0 bridgehead atoms. The van der Waals surface area contributed by atoms with Crippen LogP contribution >= 0.6 is 22.9 Å². The lowest BCUT2D eigenvalue weighted by Gasteiger charge is -2.13. The van der Waals surface area contributed by atoms with Crippen molar-refractivity contribution in [3.8, 4) is 16.9 Å². The molecule has 4 rings (SSSR count). The van der Waals surface area contributed by atoms with Crippen LogP contribution in [0.5, 0.6) is 5.75 Å². The zero-order valence-corrected chi connectivity index (χ0v) is 19.3. The van der Waals surface area contributed by atoms with Gasteiger partial charge in [0.1, 0.15) is 12.4 Å². The molecule has 0 atom stereocenters. The fourth-order valence-electron chi connectivity index (χ4n) is 3.67. The molecule has 0 spiro atoms. The third-order valence-electron chi connectivity index (χ3n) is 5.15. The topological polar surface area (TPSA) is 61.5 Å². The molecule has 32 heavy (non-hydrogen) atoms. The lowest BCUT2D eigenvalue weighted by Crippen LogP contribution is -2.09. The molecule has 0 saturated heterocycles. The summed E-state index contributed by atoms with van der Waals surface area (Å²) in [6.45, 7) is 3.02. The zero-order valence-electron chi connectivity index (χ0n) is 17.8. The molecule has 164 valence electrons. The van der Waals surface area contributed by atoms with Crippen LogP contribution in [0.3, 0.4) is 0 Å². The second-order valence-electron chi connectivity index (χ2n) is 7.39. The summed E-state index contributed by atoms with van der Waals surface area (Å²) in [6.07, 6.45) is 0.181. The van der Waals surface area contributed by atoms with Crippen LogP contribution in [0.4, 0.5) is 0 Å². The van der Waals surface area contributed by atoms with Crippen molar-refractivity contribution in [3.63, 3.8) is 0 Å². The van der Waals surface area contributed by atoms with Gasteiger partial charge in [-0.1, -0.05) is 48.0 Å². The van der Waals surface area contributed by atoms with Crippen LogP contribution in [0.1, 0.15) is 23.6 Å². The van der Waals surface area contributed by atoms with Gasteiger partial charge < -0.3 is 15.2 Å². The molecule has 6 heteroatoms. The van der Waals surface area contributed by atoms with Crippen molar-refractivity contribution < 1.29 is 14.3 Å². The first-order valence-corrected chi connectivity index (χ1v) is 11.6. The Labute approximate surface area is 196 Å². The van der Waals surface area contributed by atoms with Gasteiger partial charge in [0.15, 0.2) is 0 Å². The molecule has 4 aromatic rings. The highest BCUT2D eigenvalue weighted by Crippen LogP contribution is 2.38. The highest BCUT2D eigenvalue weighted by molar-refractivity contribution is 7.22. The van der Waals surface area contributed by atoms with Crippen LogP contribution in [0, 0.1) is 0 Å². The number of rotatable bonds is 8. The van der Waals surface area contributed by atoms with Gasteiger partial charge >= 0.3 is 5.97 Å². The van der Waals surface area contributed by atoms with Crippen molar-refractivity contribution in [1.82, 2.24) is 0 Å². The van der Waals surface area contributed by atoms with Crippen LogP contribution in [0.2, 0.25) is 4.34 Å². The molecule has 0 aliphatic rings. The molecule has 0 fully saturated rings. The van der Waals surface area contributed by atoms with Gasteiger partial charge in [-0.05, 0) is 59.5 Å². The van der Waals surface area contributed by atoms with E-state index in [0.717, 1.165) is 42.2 Å². The second-order valence-corrected chi connectivity index (χ2v) is 9.10. The van der Waals surface area contributed by atoms with Crippen molar-refractivity contribution in [2.45, 2.75) is 26.5 Å². The van der Waals surface area contributed by atoms with Gasteiger partial charge in [0.25, 0.3) is 0 Å². The summed E-state index contributed by atoms with van der Waals surface area (Å²) in [5, 5.41) is 1.11. The number of hydrogen-bond acceptors (Lipinski definition) is 5. The summed E-state index contributed by atoms with van der Waals surface area (Å²) in [4.78, 5) is 11.9. The summed E-state index contributed by atoms with van der Waals surface area (Å²) < 4.78 is 13.1. The molecule has 4 nitrogen and oxygen atoms in total. The first-order chi connectivity index (χ1) is 15.6. The summed E-state index contributed by atoms with van der Waals surface area (Å²) in [5.41, 5.74) is 10.9. The van der Waals surface area contributed by atoms with Crippen molar-refractivity contribution >= 4 is 39.0 Å². The van der Waals surface area contributed by atoms with E-state index in [0.29, 0.717) is 25.5 Å². The number of thiophene rings is 1. The van der Waals surface area contributed by atoms with E-state index in [1.165, 1.54) is 0 Å². The van der Waals surface area contributed by atoms with E-state index in [-0.39, 0.29) is 12.4 Å². The zero-order chi connectivity index (χ0) is 22.5. The minimum Gasteiger partial charge on any atom is -0.489 e. The normalized spacial score (nSPS) is 11.0. The Bertz CT molecular complexity index is 1250. The summed E-state index contributed by atoms with van der Waals surface area (Å²) >= 11 is 7.89. The maximum Gasteiger partial charge on any atom is 0.310 e. The average Bonchev–Trinajstić information content (AvgIpc) is 3.18. The van der Waals surface area contributed by atoms with Crippen LogP contribution in [0.15, 0.2) is 66.7 Å². The maximum atomic E-state index is 11.9. The van der Waals surface area contributed by atoms with E-state index in [1.54, 1.807) is 18.3 Å². The summed E-state index contributed by atoms with van der Waals surface area (Å²) in [7, 11) is 0. The minimum atomic E-state index is -0.264. The quantitative estimate of drug-likeness (QED) is 0.307. The Kier molecular flexibility index (Phi) is 7.10. The fraction of sp³-hybridized carbons (Fsp3) is 0.192. The number of para-hydroxylation sites is 1. The van der Waals surface area contributed by atoms with Gasteiger partial charge in [0.05, 0.1) is 17.4 Å². The van der Waals surface area contributed by atoms with Gasteiger partial charge in [-0.15, -0.1) is 11.3 Å². The van der Waals surface area contributed by atoms with Crippen LogP contribution in [-0.4, -0.2) is 12.6 Å². The molecular weight excluding hydrogens is 442 g/mol. The van der Waals surface area contributed by atoms with E-state index in [4.69, 9.17) is 26.8 Å². The number of ether oxygens (including phenoxy) is 2. The summed E-state index contributed by atoms with van der Waals surface area (Å²) in [6, 6.07) is 22.0. The number of nitrogens with two attached hydrogens (primary N) is 1. The SMILES string of the molecule is CCOC(=O)Cc1ccccc1OCc1cc(-c2cccc(CN)c2)c2cc(Cl)sc2c1. The van der Waals surface area contributed by atoms with Gasteiger partial charge in [-0.25, -0.2) is 0 Å². The number of hydrogen-bond donors (Lipinski definition) is 1. The maximum absolute atomic E-state index is 11.9. The van der Waals surface area contributed by atoms with Crippen molar-refractivity contribution in [3.05, 3.63) is 87.8 Å². The molecular formula is C26H24ClNO3S. The molecule has 3 aromatic carbocycles. The number of carbonyl (C=O) groups is 1. The van der Waals surface area contributed by atoms with Gasteiger partial charge in [0, 0.05) is 22.2 Å². The van der Waals surface area contributed by atoms with E-state index in [2.05, 4.69) is 24.3 Å². The lowest BCUT2D eigenvalue weighted by atomic mass is 9.98. The smallest absolute Gasteiger partial charge is 0.310 e. The number of carbonyl (C=O) groups excluding carboxylic acids is 1. The fourth-order valence-corrected chi connectivity index (χ4v) is 4.91. The van der Waals surface area contributed by atoms with Crippen molar-refractivity contribution in [2.24, 2.45) is 5.73 Å². The van der Waals surface area contributed by atoms with Gasteiger partial charge in [0.2, 0.25) is 0 Å². The lowest BCUT2D eigenvalue weighted by molar-refractivity contribution is -0.142. The number of fused-ring (bicyclic) bond motifs is 1. The molecule has 0 unspecified atom stereocenters. The Hall–Kier alpha value is -2.86. The summed E-state index contributed by atoms with van der Waals surface area (Å²) in [5.74, 6) is 0.414. The molecule has 1 aromatic heterocycles. The molecule has 2 N–H and O–H groups in total. The third-order valence-corrected chi connectivity index (χ3v) is 6.36. The van der Waals surface area contributed by atoms with E-state index in [1.807, 2.05) is 42.5 Å². The predicted octanol–water partition coefficient (Wildman–Crippen LogP) is 6.37. The first-order valence-electron chi connectivity index (χ1n) is 10.4. The predicted molar refractivity (Wildman–Crippen MR) is 131 cm³/mol. The molecule has 1 heterocycles. The van der Waals surface area contributed by atoms with Crippen molar-refractivity contribution in [1.29, 1.82) is 0 Å². The Morgan fingerprint density at radius 2 is 1.88 bits per heavy atom. The van der Waals surface area contributed by atoms with Crippen LogP contribution in [-0.2, 0) is 29.1 Å². The van der Waals surface area contributed by atoms with E-state index < -0.39 is 0 Å². The minimum absolute atomic E-state index is 0.181. The standard InChI is InChI=1S/C26H24ClNO3S/c1-2-30-26(29)13-20-7-3-4-9-23(20)31-16-18-11-21(19-8-5-6-17(10-19)15-28)22-14-25(27)32-24(22)12-18/h3-12,14H,2,13,15-16,28H2,1H3. The van der Waals surface area contributed by atoms with Gasteiger partial charge in [-0.3, -0.25) is 4.79 Å². The van der Waals surface area contributed by atoms with E-state index in [9.17, 15) is 4.79 Å². The number of esters is 1. The molecule has 0 aliphatic heterocycles. The molecule has 0 radical (unpaired) electrons. The first kappa shape index (κ1) is 22.3. The Morgan fingerprint density at radius 1 is 1.03 bits per heavy atom. The van der Waals surface area contributed by atoms with Crippen LogP contribution in [0.25, 0.3) is 21.2 Å². The molecule has 0 saturated carbocycles. The van der Waals surface area contributed by atoms with Crippen molar-refractivity contribution in [2.75, 3.05) is 6.61 Å². The third kappa shape index (κ3) is 5.13. The number of benzene rings is 3. The monoisotopic (exact) mass is 465 g/mol. The Morgan fingerprint density at radius 3 is 2.69 bits per heavy atom. The van der Waals surface area contributed by atoms with Gasteiger partial charge in [-0.2, -0.15) is 0 Å². The van der Waals surface area contributed by atoms with E-state index >= 15 is 0 Å². The molecule has 0 amide bonds. The largest absolute Gasteiger partial charge is 0.489 e. The highest BCUT2D eigenvalue weighted by atomic mass is 35.5. The highest BCUT2D eigenvalue weighted by Gasteiger charge is 2.13. The molecule has 0 aliphatic carbocycles. The average molecular weight is 466 g/mol.